The Kier molecular flexibility index (Phi) is 7.05. The first kappa shape index (κ1) is 24.5. The lowest BCUT2D eigenvalue weighted by atomic mass is 10.1. The molecule has 3 aromatic carbocycles. The summed E-state index contributed by atoms with van der Waals surface area (Å²) in [5.41, 5.74) is 2.91. The second kappa shape index (κ2) is 10.3. The number of nitrogens with one attached hydrogen (secondary N) is 1. The molecule has 1 amide bonds. The highest BCUT2D eigenvalue weighted by atomic mass is 16.6. The van der Waals surface area contributed by atoms with Gasteiger partial charge in [0, 0.05) is 24.2 Å². The molecule has 0 spiro atoms. The van der Waals surface area contributed by atoms with Crippen molar-refractivity contribution in [3.8, 4) is 17.2 Å². The topological polar surface area (TPSA) is 118 Å². The maximum Gasteiger partial charge on any atom is 0.269 e. The second-order valence-electron chi connectivity index (χ2n) is 8.08. The molecule has 4 aromatic rings. The number of ether oxygens (including phenoxy) is 3. The third-order valence-corrected chi connectivity index (χ3v) is 5.83. The SMILES string of the molecule is COc1cc(C(=O)N[C@H](C)c2nc3ccccc3n2Cc2ccc([N+](=O)[O-])cc2)cc(OC)c1OC. The minimum atomic E-state index is -0.456. The van der Waals surface area contributed by atoms with Gasteiger partial charge in [-0.25, -0.2) is 4.98 Å². The summed E-state index contributed by atoms with van der Waals surface area (Å²) in [6, 6.07) is 16.8. The molecule has 0 aliphatic heterocycles. The third kappa shape index (κ3) is 4.78. The molecular formula is C26H26N4O6. The molecule has 10 nitrogen and oxygen atoms in total. The molecule has 1 aromatic heterocycles. The summed E-state index contributed by atoms with van der Waals surface area (Å²) in [7, 11) is 4.47. The number of amides is 1. The van der Waals surface area contributed by atoms with Crippen LogP contribution in [0.5, 0.6) is 17.2 Å². The molecule has 0 radical (unpaired) electrons. The highest BCUT2D eigenvalue weighted by Gasteiger charge is 2.22. The average Bonchev–Trinajstić information content (AvgIpc) is 3.26. The lowest BCUT2D eigenvalue weighted by Gasteiger charge is -2.18. The van der Waals surface area contributed by atoms with E-state index in [0.29, 0.717) is 35.2 Å². The zero-order valence-electron chi connectivity index (χ0n) is 20.3. The van der Waals surface area contributed by atoms with E-state index in [1.54, 1.807) is 24.3 Å². The summed E-state index contributed by atoms with van der Waals surface area (Å²) in [5, 5.41) is 14.0. The summed E-state index contributed by atoms with van der Waals surface area (Å²) >= 11 is 0. The van der Waals surface area contributed by atoms with Crippen LogP contribution in [0.25, 0.3) is 11.0 Å². The Morgan fingerprint density at radius 1 is 1.03 bits per heavy atom. The molecule has 0 aliphatic rings. The number of fused-ring (bicyclic) bond motifs is 1. The lowest BCUT2D eigenvalue weighted by Crippen LogP contribution is -2.29. The van der Waals surface area contributed by atoms with E-state index in [-0.39, 0.29) is 11.6 Å². The fourth-order valence-corrected chi connectivity index (χ4v) is 4.05. The van der Waals surface area contributed by atoms with Crippen LogP contribution in [-0.2, 0) is 6.54 Å². The number of carbonyl (C=O) groups is 1. The van der Waals surface area contributed by atoms with E-state index in [1.165, 1.54) is 33.5 Å². The lowest BCUT2D eigenvalue weighted by molar-refractivity contribution is -0.384. The van der Waals surface area contributed by atoms with Crippen LogP contribution >= 0.6 is 0 Å². The van der Waals surface area contributed by atoms with Crippen molar-refractivity contribution in [2.24, 2.45) is 0 Å². The van der Waals surface area contributed by atoms with Crippen LogP contribution in [0.4, 0.5) is 5.69 Å². The molecule has 10 heteroatoms. The van der Waals surface area contributed by atoms with E-state index < -0.39 is 11.0 Å². The number of nitro benzene ring substituents is 1. The van der Waals surface area contributed by atoms with Gasteiger partial charge in [0.25, 0.3) is 11.6 Å². The van der Waals surface area contributed by atoms with Crippen molar-refractivity contribution in [3.63, 3.8) is 0 Å². The Balaban J connectivity index is 1.65. The van der Waals surface area contributed by atoms with E-state index >= 15 is 0 Å². The Labute approximate surface area is 207 Å². The number of hydrogen-bond acceptors (Lipinski definition) is 7. The van der Waals surface area contributed by atoms with Gasteiger partial charge in [0.15, 0.2) is 11.5 Å². The molecule has 0 unspecified atom stereocenters. The first-order valence-corrected chi connectivity index (χ1v) is 11.2. The number of para-hydroxylation sites is 2. The number of nitro groups is 1. The summed E-state index contributed by atoms with van der Waals surface area (Å²) in [6.45, 7) is 2.28. The van der Waals surface area contributed by atoms with Crippen LogP contribution in [0.15, 0.2) is 60.7 Å². The van der Waals surface area contributed by atoms with E-state index in [4.69, 9.17) is 19.2 Å². The number of carbonyl (C=O) groups excluding carboxylic acids is 1. The number of aromatic nitrogens is 2. The minimum Gasteiger partial charge on any atom is -0.493 e. The number of rotatable bonds is 9. The van der Waals surface area contributed by atoms with Crippen LogP contribution in [0.3, 0.4) is 0 Å². The molecule has 1 N–H and O–H groups in total. The van der Waals surface area contributed by atoms with Gasteiger partial charge >= 0.3 is 0 Å². The zero-order valence-corrected chi connectivity index (χ0v) is 20.3. The molecule has 0 saturated carbocycles. The largest absolute Gasteiger partial charge is 0.493 e. The Bertz CT molecular complexity index is 1390. The van der Waals surface area contributed by atoms with Crippen molar-refractivity contribution >= 4 is 22.6 Å². The van der Waals surface area contributed by atoms with Crippen molar-refractivity contribution in [1.82, 2.24) is 14.9 Å². The smallest absolute Gasteiger partial charge is 0.269 e. The third-order valence-electron chi connectivity index (χ3n) is 5.83. The molecular weight excluding hydrogens is 464 g/mol. The standard InChI is InChI=1S/C26H26N4O6/c1-16(27-26(31)18-13-22(34-2)24(36-4)23(14-18)35-3)25-28-20-7-5-6-8-21(20)29(25)15-17-9-11-19(12-10-17)30(32)33/h5-14,16H,15H2,1-4H3,(H,27,31)/t16-/m1/s1. The van der Waals surface area contributed by atoms with Crippen molar-refractivity contribution in [2.75, 3.05) is 21.3 Å². The summed E-state index contributed by atoms with van der Waals surface area (Å²) in [5.74, 6) is 1.46. The van der Waals surface area contributed by atoms with Gasteiger partial charge in [0.1, 0.15) is 5.82 Å². The predicted molar refractivity (Wildman–Crippen MR) is 134 cm³/mol. The van der Waals surface area contributed by atoms with E-state index in [2.05, 4.69) is 5.32 Å². The monoisotopic (exact) mass is 490 g/mol. The molecule has 1 atom stereocenters. The van der Waals surface area contributed by atoms with E-state index in [9.17, 15) is 14.9 Å². The molecule has 36 heavy (non-hydrogen) atoms. The molecule has 4 rings (SSSR count). The molecule has 0 bridgehead atoms. The van der Waals surface area contributed by atoms with Crippen LogP contribution in [-0.4, -0.2) is 41.7 Å². The Morgan fingerprint density at radius 3 is 2.25 bits per heavy atom. The van der Waals surface area contributed by atoms with Crippen LogP contribution in [0.1, 0.15) is 34.7 Å². The number of benzene rings is 3. The van der Waals surface area contributed by atoms with Gasteiger partial charge in [-0.3, -0.25) is 14.9 Å². The summed E-state index contributed by atoms with van der Waals surface area (Å²) in [6.07, 6.45) is 0. The van der Waals surface area contributed by atoms with E-state index in [1.807, 2.05) is 35.8 Å². The molecule has 0 aliphatic carbocycles. The quantitative estimate of drug-likeness (QED) is 0.271. The number of nitrogens with zero attached hydrogens (tertiary/aromatic N) is 3. The normalized spacial score (nSPS) is 11.7. The average molecular weight is 491 g/mol. The molecule has 186 valence electrons. The Hall–Kier alpha value is -4.60. The van der Waals surface area contributed by atoms with E-state index in [0.717, 1.165) is 16.6 Å². The number of imidazole rings is 1. The maximum absolute atomic E-state index is 13.2. The fourth-order valence-electron chi connectivity index (χ4n) is 4.05. The maximum atomic E-state index is 13.2. The summed E-state index contributed by atoms with van der Waals surface area (Å²) in [4.78, 5) is 28.5. The van der Waals surface area contributed by atoms with Gasteiger partial charge in [0.2, 0.25) is 5.75 Å². The fraction of sp³-hybridized carbons (Fsp3) is 0.231. The molecule has 0 saturated heterocycles. The van der Waals surface area contributed by atoms with Crippen molar-refractivity contribution < 1.29 is 23.9 Å². The molecule has 0 fully saturated rings. The van der Waals surface area contributed by atoms with Gasteiger partial charge in [-0.05, 0) is 36.8 Å². The zero-order chi connectivity index (χ0) is 25.8. The summed E-state index contributed by atoms with van der Waals surface area (Å²) < 4.78 is 18.1. The van der Waals surface area contributed by atoms with Crippen LogP contribution in [0.2, 0.25) is 0 Å². The highest BCUT2D eigenvalue weighted by molar-refractivity contribution is 5.96. The van der Waals surface area contributed by atoms with Gasteiger partial charge in [-0.2, -0.15) is 0 Å². The highest BCUT2D eigenvalue weighted by Crippen LogP contribution is 2.38. The van der Waals surface area contributed by atoms with Crippen molar-refractivity contribution in [2.45, 2.75) is 19.5 Å². The second-order valence-corrected chi connectivity index (χ2v) is 8.08. The Morgan fingerprint density at radius 2 is 1.67 bits per heavy atom. The predicted octanol–water partition coefficient (Wildman–Crippen LogP) is 4.51. The van der Waals surface area contributed by atoms with Crippen LogP contribution in [0, 0.1) is 10.1 Å². The van der Waals surface area contributed by atoms with Gasteiger partial charge in [-0.1, -0.05) is 24.3 Å². The molecule has 1 heterocycles. The number of methoxy groups -OCH3 is 3. The van der Waals surface area contributed by atoms with Crippen molar-refractivity contribution in [3.05, 3.63) is 87.7 Å². The first-order chi connectivity index (χ1) is 17.4. The van der Waals surface area contributed by atoms with Crippen LogP contribution < -0.4 is 19.5 Å². The number of non-ortho nitro benzene ring substituents is 1. The first-order valence-electron chi connectivity index (χ1n) is 11.2. The van der Waals surface area contributed by atoms with Gasteiger partial charge in [0.05, 0.1) is 43.3 Å². The minimum absolute atomic E-state index is 0.0282. The van der Waals surface area contributed by atoms with Gasteiger partial charge in [-0.15, -0.1) is 0 Å². The van der Waals surface area contributed by atoms with Gasteiger partial charge < -0.3 is 24.1 Å². The van der Waals surface area contributed by atoms with Crippen molar-refractivity contribution in [1.29, 1.82) is 0 Å². The number of hydrogen-bond donors (Lipinski definition) is 1.